The molecule has 1 atom stereocenters. The van der Waals surface area contributed by atoms with E-state index >= 15 is 0 Å². The van der Waals surface area contributed by atoms with Crippen molar-refractivity contribution < 1.29 is 0 Å². The molecule has 1 aliphatic rings. The van der Waals surface area contributed by atoms with E-state index in [0.717, 1.165) is 37.1 Å². The van der Waals surface area contributed by atoms with Crippen LogP contribution in [0.4, 0.5) is 0 Å². The zero-order chi connectivity index (χ0) is 16.4. The number of aryl methyl sites for hydroxylation is 1. The summed E-state index contributed by atoms with van der Waals surface area (Å²) in [6.07, 6.45) is 4.66. The summed E-state index contributed by atoms with van der Waals surface area (Å²) < 4.78 is 1.56. The normalized spacial score (nSPS) is 16.8. The molecular formula is C19H20N4O. The zero-order valence-electron chi connectivity index (χ0n) is 13.4. The topological polar surface area (TPSA) is 62.7 Å². The lowest BCUT2D eigenvalue weighted by atomic mass is 9.93. The Morgan fingerprint density at radius 2 is 2.00 bits per heavy atom. The molecule has 4 rings (SSSR count). The van der Waals surface area contributed by atoms with Crippen molar-refractivity contribution in [3.63, 3.8) is 0 Å². The van der Waals surface area contributed by atoms with E-state index in [9.17, 15) is 4.79 Å². The molecule has 0 saturated carbocycles. The molecule has 0 spiro atoms. The largest absolute Gasteiger partial charge is 0.306 e. The number of hydrogen-bond donors (Lipinski definition) is 2. The number of nitrogens with zero attached hydrogens (tertiary/aromatic N) is 2. The van der Waals surface area contributed by atoms with E-state index in [1.807, 2.05) is 36.4 Å². The summed E-state index contributed by atoms with van der Waals surface area (Å²) in [7, 11) is 0. The molecule has 0 radical (unpaired) electrons. The van der Waals surface area contributed by atoms with Crippen molar-refractivity contribution in [3.8, 4) is 5.82 Å². The van der Waals surface area contributed by atoms with Gasteiger partial charge in [-0.05, 0) is 37.0 Å². The highest BCUT2D eigenvalue weighted by molar-refractivity contribution is 5.30. The van der Waals surface area contributed by atoms with Crippen molar-refractivity contribution in [2.75, 3.05) is 0 Å². The van der Waals surface area contributed by atoms with Crippen LogP contribution < -0.4 is 10.9 Å². The van der Waals surface area contributed by atoms with Gasteiger partial charge in [-0.2, -0.15) is 0 Å². The Hall–Kier alpha value is -2.66. The van der Waals surface area contributed by atoms with Gasteiger partial charge in [0, 0.05) is 24.5 Å². The maximum absolute atomic E-state index is 12.9. The van der Waals surface area contributed by atoms with Gasteiger partial charge in [-0.3, -0.25) is 9.89 Å². The van der Waals surface area contributed by atoms with Crippen LogP contribution in [0.5, 0.6) is 0 Å². The third-order valence-corrected chi connectivity index (χ3v) is 4.55. The first-order chi connectivity index (χ1) is 11.8. The molecule has 0 bridgehead atoms. The number of fused-ring (bicyclic) bond motifs is 1. The minimum Gasteiger partial charge on any atom is -0.306 e. The molecule has 1 aromatic carbocycles. The summed E-state index contributed by atoms with van der Waals surface area (Å²) in [6.45, 7) is 0.763. The Morgan fingerprint density at radius 1 is 1.17 bits per heavy atom. The van der Waals surface area contributed by atoms with Crippen LogP contribution in [-0.4, -0.2) is 14.8 Å². The van der Waals surface area contributed by atoms with Crippen LogP contribution in [0, 0.1) is 0 Å². The van der Waals surface area contributed by atoms with E-state index in [4.69, 9.17) is 0 Å². The quantitative estimate of drug-likeness (QED) is 0.777. The number of pyridine rings is 1. The molecule has 2 aromatic heterocycles. The average molecular weight is 320 g/mol. The van der Waals surface area contributed by atoms with Gasteiger partial charge in [-0.25, -0.2) is 9.67 Å². The number of aromatic nitrogens is 3. The fourth-order valence-corrected chi connectivity index (χ4v) is 3.36. The SMILES string of the molecule is O=c1c2c([nH]n1-c1ccccn1)CCCC2NCc1ccccc1. The maximum atomic E-state index is 12.9. The van der Waals surface area contributed by atoms with Crippen molar-refractivity contribution in [2.24, 2.45) is 0 Å². The second-order valence-corrected chi connectivity index (χ2v) is 6.14. The minimum absolute atomic E-state index is 0.00830. The smallest absolute Gasteiger partial charge is 0.277 e. The summed E-state index contributed by atoms with van der Waals surface area (Å²) in [5.41, 5.74) is 3.13. The minimum atomic E-state index is 0.00830. The van der Waals surface area contributed by atoms with Crippen molar-refractivity contribution in [3.05, 3.63) is 81.9 Å². The lowest BCUT2D eigenvalue weighted by molar-refractivity contribution is 0.456. The number of hydrogen-bond acceptors (Lipinski definition) is 3. The Labute approximate surface area is 140 Å². The van der Waals surface area contributed by atoms with E-state index in [-0.39, 0.29) is 11.6 Å². The standard InChI is InChI=1S/C19H20N4O/c24-19-18-15(21-13-14-7-2-1-3-8-14)9-6-10-16(18)22-23(19)17-11-4-5-12-20-17/h1-5,7-8,11-12,15,21-22H,6,9-10,13H2. The van der Waals surface area contributed by atoms with Crippen molar-refractivity contribution in [2.45, 2.75) is 31.8 Å². The molecule has 1 unspecified atom stereocenters. The molecule has 2 N–H and O–H groups in total. The molecule has 0 saturated heterocycles. The highest BCUT2D eigenvalue weighted by Gasteiger charge is 2.27. The van der Waals surface area contributed by atoms with Gasteiger partial charge in [0.1, 0.15) is 0 Å². The van der Waals surface area contributed by atoms with Crippen LogP contribution in [0.15, 0.2) is 59.5 Å². The Balaban J connectivity index is 1.63. The molecule has 0 amide bonds. The fourth-order valence-electron chi connectivity index (χ4n) is 3.36. The van der Waals surface area contributed by atoms with Gasteiger partial charge in [0.2, 0.25) is 0 Å². The van der Waals surface area contributed by atoms with Gasteiger partial charge < -0.3 is 5.32 Å². The van der Waals surface area contributed by atoms with Gasteiger partial charge in [0.25, 0.3) is 5.56 Å². The highest BCUT2D eigenvalue weighted by Crippen LogP contribution is 2.27. The summed E-state index contributed by atoms with van der Waals surface area (Å²) in [5.74, 6) is 0.638. The van der Waals surface area contributed by atoms with E-state index in [1.54, 1.807) is 10.9 Å². The predicted molar refractivity (Wildman–Crippen MR) is 93.1 cm³/mol. The Bertz CT molecular complexity index is 867. The van der Waals surface area contributed by atoms with Gasteiger partial charge >= 0.3 is 0 Å². The van der Waals surface area contributed by atoms with E-state index in [0.29, 0.717) is 5.82 Å². The van der Waals surface area contributed by atoms with Gasteiger partial charge in [0.05, 0.1) is 5.56 Å². The maximum Gasteiger partial charge on any atom is 0.277 e. The van der Waals surface area contributed by atoms with Crippen molar-refractivity contribution in [1.82, 2.24) is 20.1 Å². The van der Waals surface area contributed by atoms with E-state index in [2.05, 4.69) is 27.5 Å². The van der Waals surface area contributed by atoms with Crippen LogP contribution in [0.2, 0.25) is 0 Å². The number of H-pyrrole nitrogens is 1. The summed E-state index contributed by atoms with van der Waals surface area (Å²) in [4.78, 5) is 17.2. The van der Waals surface area contributed by atoms with Crippen LogP contribution in [0.25, 0.3) is 5.82 Å². The number of benzene rings is 1. The third kappa shape index (κ3) is 2.78. The summed E-state index contributed by atoms with van der Waals surface area (Å²) in [6, 6.07) is 15.9. The molecular weight excluding hydrogens is 300 g/mol. The van der Waals surface area contributed by atoms with Crippen LogP contribution in [0.1, 0.15) is 35.7 Å². The molecule has 0 aliphatic heterocycles. The van der Waals surface area contributed by atoms with Gasteiger partial charge in [-0.15, -0.1) is 0 Å². The summed E-state index contributed by atoms with van der Waals surface area (Å²) in [5, 5.41) is 6.79. The number of aromatic amines is 1. The summed E-state index contributed by atoms with van der Waals surface area (Å²) >= 11 is 0. The van der Waals surface area contributed by atoms with Gasteiger partial charge in [-0.1, -0.05) is 36.4 Å². The van der Waals surface area contributed by atoms with Crippen LogP contribution >= 0.6 is 0 Å². The lowest BCUT2D eigenvalue weighted by Crippen LogP contribution is -2.29. The molecule has 2 heterocycles. The van der Waals surface area contributed by atoms with Crippen LogP contribution in [-0.2, 0) is 13.0 Å². The lowest BCUT2D eigenvalue weighted by Gasteiger charge is -2.22. The molecule has 5 nitrogen and oxygen atoms in total. The predicted octanol–water partition coefficient (Wildman–Crippen LogP) is 2.73. The number of nitrogens with one attached hydrogen (secondary N) is 2. The average Bonchev–Trinajstić information content (AvgIpc) is 2.99. The van der Waals surface area contributed by atoms with Crippen molar-refractivity contribution >= 4 is 0 Å². The Morgan fingerprint density at radius 3 is 2.79 bits per heavy atom. The molecule has 122 valence electrons. The monoisotopic (exact) mass is 320 g/mol. The first kappa shape index (κ1) is 14.9. The van der Waals surface area contributed by atoms with E-state index < -0.39 is 0 Å². The zero-order valence-corrected chi connectivity index (χ0v) is 13.4. The van der Waals surface area contributed by atoms with E-state index in [1.165, 1.54) is 5.56 Å². The molecule has 3 aromatic rings. The van der Waals surface area contributed by atoms with Gasteiger partial charge in [0.15, 0.2) is 5.82 Å². The molecule has 5 heteroatoms. The second kappa shape index (κ2) is 6.45. The number of rotatable bonds is 4. The highest BCUT2D eigenvalue weighted by atomic mass is 16.1. The fraction of sp³-hybridized carbons (Fsp3) is 0.263. The molecule has 1 aliphatic carbocycles. The molecule has 0 fully saturated rings. The second-order valence-electron chi connectivity index (χ2n) is 6.14. The first-order valence-corrected chi connectivity index (χ1v) is 8.35. The third-order valence-electron chi connectivity index (χ3n) is 4.55. The van der Waals surface area contributed by atoms with Crippen molar-refractivity contribution in [1.29, 1.82) is 0 Å². The van der Waals surface area contributed by atoms with Crippen LogP contribution in [0.3, 0.4) is 0 Å². The Kier molecular flexibility index (Phi) is 4.01. The molecule has 24 heavy (non-hydrogen) atoms. The first-order valence-electron chi connectivity index (χ1n) is 8.35.